The second-order valence-corrected chi connectivity index (χ2v) is 2.68. The Labute approximate surface area is 66.4 Å². The van der Waals surface area contributed by atoms with Crippen molar-refractivity contribution in [2.75, 3.05) is 0 Å². The van der Waals surface area contributed by atoms with Crippen molar-refractivity contribution in [1.29, 1.82) is 0 Å². The van der Waals surface area contributed by atoms with Gasteiger partial charge in [-0.15, -0.1) is 5.10 Å². The Kier molecular flexibility index (Phi) is 3.01. The number of hydrogen-bond donors (Lipinski definition) is 1. The first-order valence-corrected chi connectivity index (χ1v) is 3.87. The predicted octanol–water partition coefficient (Wildman–Crippen LogP) is 1.31. The van der Waals surface area contributed by atoms with E-state index in [9.17, 15) is 0 Å². The minimum absolute atomic E-state index is 0.423. The molecule has 0 fully saturated rings. The molecule has 0 bridgehead atoms. The smallest absolute Gasteiger partial charge is 0.151 e. The molecule has 0 amide bonds. The highest BCUT2D eigenvalue weighted by Gasteiger charge is 2.07. The molecule has 1 aromatic rings. The van der Waals surface area contributed by atoms with E-state index in [2.05, 4.69) is 34.5 Å². The maximum atomic E-state index is 3.83. The Morgan fingerprint density at radius 1 is 1.64 bits per heavy atom. The maximum Gasteiger partial charge on any atom is 0.151 e. The lowest BCUT2D eigenvalue weighted by atomic mass is 10.0. The molecule has 0 saturated carbocycles. The van der Waals surface area contributed by atoms with E-state index >= 15 is 0 Å². The zero-order valence-electron chi connectivity index (χ0n) is 6.75. The van der Waals surface area contributed by atoms with Crippen LogP contribution >= 0.6 is 0 Å². The molecule has 1 aromatic heterocycles. The van der Waals surface area contributed by atoms with Crippen LogP contribution in [0.1, 0.15) is 37.9 Å². The molecule has 0 aliphatic heterocycles. The number of aromatic nitrogens is 4. The number of tetrazole rings is 1. The van der Waals surface area contributed by atoms with Gasteiger partial charge in [0.1, 0.15) is 0 Å². The quantitative estimate of drug-likeness (QED) is 0.709. The summed E-state index contributed by atoms with van der Waals surface area (Å²) in [4.78, 5) is 0. The summed E-state index contributed by atoms with van der Waals surface area (Å²) >= 11 is 0. The average molecular weight is 153 g/mol. The standard InChI is InChI=1S/C7H13N4/c1-3-4-5-6(2)7-8-10-11-9-7/h6H,1,3-5H2,2H3,(H,8,9,10,11). The lowest BCUT2D eigenvalue weighted by Crippen LogP contribution is -1.96. The lowest BCUT2D eigenvalue weighted by molar-refractivity contribution is 0.608. The minimum atomic E-state index is 0.423. The van der Waals surface area contributed by atoms with Crippen LogP contribution in [0.3, 0.4) is 0 Å². The molecule has 1 unspecified atom stereocenters. The van der Waals surface area contributed by atoms with Crippen LogP contribution < -0.4 is 0 Å². The lowest BCUT2D eigenvalue weighted by Gasteiger charge is -2.03. The van der Waals surface area contributed by atoms with Gasteiger partial charge in [-0.2, -0.15) is 0 Å². The number of aromatic amines is 1. The molecule has 1 radical (unpaired) electrons. The SMILES string of the molecule is [CH2]CCCC(C)c1nnn[nH]1. The van der Waals surface area contributed by atoms with Gasteiger partial charge < -0.3 is 0 Å². The summed E-state index contributed by atoms with van der Waals surface area (Å²) in [7, 11) is 0. The molecule has 0 saturated heterocycles. The maximum absolute atomic E-state index is 3.83. The third-order valence-corrected chi connectivity index (χ3v) is 1.72. The molecule has 1 heterocycles. The number of unbranched alkanes of at least 4 members (excludes halogenated alkanes) is 1. The summed E-state index contributed by atoms with van der Waals surface area (Å²) in [5.74, 6) is 1.30. The summed E-state index contributed by atoms with van der Waals surface area (Å²) in [6, 6.07) is 0. The monoisotopic (exact) mass is 153 g/mol. The Morgan fingerprint density at radius 2 is 2.45 bits per heavy atom. The molecule has 0 aliphatic carbocycles. The highest BCUT2D eigenvalue weighted by atomic mass is 15.5. The summed E-state index contributed by atoms with van der Waals surface area (Å²) < 4.78 is 0. The van der Waals surface area contributed by atoms with Gasteiger partial charge in [0, 0.05) is 5.92 Å². The molecule has 0 aromatic carbocycles. The van der Waals surface area contributed by atoms with Gasteiger partial charge in [0.15, 0.2) is 5.82 Å². The fraction of sp³-hybridized carbons (Fsp3) is 0.714. The van der Waals surface area contributed by atoms with Gasteiger partial charge in [0.05, 0.1) is 0 Å². The molecule has 11 heavy (non-hydrogen) atoms. The Morgan fingerprint density at radius 3 is 3.00 bits per heavy atom. The van der Waals surface area contributed by atoms with Crippen LogP contribution in [0.2, 0.25) is 0 Å². The van der Waals surface area contributed by atoms with Crippen LogP contribution in [0.4, 0.5) is 0 Å². The number of rotatable bonds is 4. The van der Waals surface area contributed by atoms with E-state index in [1.165, 1.54) is 0 Å². The Bertz CT molecular complexity index is 182. The van der Waals surface area contributed by atoms with Crippen molar-refractivity contribution in [3.05, 3.63) is 12.7 Å². The molecule has 0 aliphatic rings. The van der Waals surface area contributed by atoms with E-state index in [-0.39, 0.29) is 0 Å². The van der Waals surface area contributed by atoms with Gasteiger partial charge >= 0.3 is 0 Å². The largest absolute Gasteiger partial charge is 0.243 e. The molecule has 0 spiro atoms. The van der Waals surface area contributed by atoms with Crippen LogP contribution in [-0.2, 0) is 0 Å². The van der Waals surface area contributed by atoms with Crippen LogP contribution in [0.15, 0.2) is 0 Å². The van der Waals surface area contributed by atoms with E-state index in [4.69, 9.17) is 0 Å². The second-order valence-electron chi connectivity index (χ2n) is 2.68. The fourth-order valence-electron chi connectivity index (χ4n) is 0.962. The van der Waals surface area contributed by atoms with Gasteiger partial charge in [-0.25, -0.2) is 5.10 Å². The van der Waals surface area contributed by atoms with E-state index < -0.39 is 0 Å². The molecular weight excluding hydrogens is 140 g/mol. The summed E-state index contributed by atoms with van der Waals surface area (Å²) in [6.45, 7) is 5.89. The third kappa shape index (κ3) is 2.29. The zero-order valence-corrected chi connectivity index (χ0v) is 6.75. The fourth-order valence-corrected chi connectivity index (χ4v) is 0.962. The molecule has 4 nitrogen and oxygen atoms in total. The number of hydrogen-bond acceptors (Lipinski definition) is 3. The predicted molar refractivity (Wildman–Crippen MR) is 41.8 cm³/mol. The zero-order chi connectivity index (χ0) is 8.10. The van der Waals surface area contributed by atoms with Crippen LogP contribution in [0.25, 0.3) is 0 Å². The molecule has 61 valence electrons. The van der Waals surface area contributed by atoms with Crippen LogP contribution in [0.5, 0.6) is 0 Å². The van der Waals surface area contributed by atoms with Gasteiger partial charge in [-0.1, -0.05) is 26.7 Å². The average Bonchev–Trinajstić information content (AvgIpc) is 2.52. The van der Waals surface area contributed by atoms with Crippen molar-refractivity contribution in [1.82, 2.24) is 20.6 Å². The summed E-state index contributed by atoms with van der Waals surface area (Å²) in [5.41, 5.74) is 0. The van der Waals surface area contributed by atoms with Gasteiger partial charge in [0.25, 0.3) is 0 Å². The highest BCUT2D eigenvalue weighted by Crippen LogP contribution is 2.15. The normalized spacial score (nSPS) is 13.3. The Hall–Kier alpha value is -0.930. The third-order valence-electron chi connectivity index (χ3n) is 1.72. The van der Waals surface area contributed by atoms with Gasteiger partial charge in [0.2, 0.25) is 0 Å². The topological polar surface area (TPSA) is 54.5 Å². The molecule has 1 rings (SSSR count). The van der Waals surface area contributed by atoms with Gasteiger partial charge in [-0.05, 0) is 16.8 Å². The number of nitrogens with zero attached hydrogens (tertiary/aromatic N) is 3. The van der Waals surface area contributed by atoms with Crippen molar-refractivity contribution in [3.63, 3.8) is 0 Å². The van der Waals surface area contributed by atoms with Crippen molar-refractivity contribution < 1.29 is 0 Å². The Balaban J connectivity index is 2.36. The number of nitrogens with one attached hydrogen (secondary N) is 1. The minimum Gasteiger partial charge on any atom is -0.243 e. The molecule has 1 N–H and O–H groups in total. The first-order chi connectivity index (χ1) is 5.34. The first kappa shape index (κ1) is 8.17. The van der Waals surface area contributed by atoms with Gasteiger partial charge in [-0.3, -0.25) is 0 Å². The van der Waals surface area contributed by atoms with Crippen molar-refractivity contribution >= 4 is 0 Å². The second kappa shape index (κ2) is 4.05. The van der Waals surface area contributed by atoms with E-state index in [1.54, 1.807) is 0 Å². The van der Waals surface area contributed by atoms with Crippen molar-refractivity contribution in [3.8, 4) is 0 Å². The molecule has 4 heteroatoms. The molecule has 1 atom stereocenters. The first-order valence-electron chi connectivity index (χ1n) is 3.87. The van der Waals surface area contributed by atoms with E-state index in [0.29, 0.717) is 5.92 Å². The molecular formula is C7H13N4. The van der Waals surface area contributed by atoms with E-state index in [1.807, 2.05) is 0 Å². The summed E-state index contributed by atoms with van der Waals surface area (Å²) in [6.07, 6.45) is 3.20. The van der Waals surface area contributed by atoms with Crippen LogP contribution in [0, 0.1) is 6.92 Å². The number of H-pyrrole nitrogens is 1. The van der Waals surface area contributed by atoms with Crippen LogP contribution in [-0.4, -0.2) is 20.6 Å². The highest BCUT2D eigenvalue weighted by molar-refractivity contribution is 4.86. The van der Waals surface area contributed by atoms with Crippen molar-refractivity contribution in [2.45, 2.75) is 32.1 Å². The summed E-state index contributed by atoms with van der Waals surface area (Å²) in [5, 5.41) is 13.6. The van der Waals surface area contributed by atoms with E-state index in [0.717, 1.165) is 25.1 Å². The van der Waals surface area contributed by atoms with Crippen molar-refractivity contribution in [2.24, 2.45) is 0 Å².